The average molecular weight is 274 g/mol. The standard InChI is InChI=1S/C14H18N4O2/c1-10(19)11-4-2-3-5-12(11)17-14(20)13-8-18(7-6-15)9-16-13/h2-5,8-10,19H,6-7,15H2,1H3,(H,17,20). The molecule has 2 rings (SSSR count). The number of imidazole rings is 1. The summed E-state index contributed by atoms with van der Waals surface area (Å²) in [5.41, 5.74) is 7.02. The molecule has 0 aliphatic heterocycles. The molecule has 0 bridgehead atoms. The van der Waals surface area contributed by atoms with Gasteiger partial charge in [0, 0.05) is 30.5 Å². The van der Waals surface area contributed by atoms with Crippen molar-refractivity contribution in [2.24, 2.45) is 5.73 Å². The van der Waals surface area contributed by atoms with Gasteiger partial charge >= 0.3 is 0 Å². The number of aromatic nitrogens is 2. The molecule has 1 atom stereocenters. The van der Waals surface area contributed by atoms with Crippen molar-refractivity contribution in [3.05, 3.63) is 48.0 Å². The summed E-state index contributed by atoms with van der Waals surface area (Å²) in [5, 5.41) is 12.4. The Morgan fingerprint density at radius 3 is 2.95 bits per heavy atom. The van der Waals surface area contributed by atoms with Crippen LogP contribution in [0.15, 0.2) is 36.8 Å². The molecule has 1 aromatic heterocycles. The van der Waals surface area contributed by atoms with Crippen molar-refractivity contribution in [1.29, 1.82) is 0 Å². The fourth-order valence-electron chi connectivity index (χ4n) is 1.91. The van der Waals surface area contributed by atoms with Gasteiger partial charge in [-0.25, -0.2) is 4.98 Å². The van der Waals surface area contributed by atoms with Crippen LogP contribution in [0, 0.1) is 0 Å². The van der Waals surface area contributed by atoms with E-state index in [1.807, 2.05) is 6.07 Å². The van der Waals surface area contributed by atoms with Gasteiger partial charge in [0.05, 0.1) is 12.4 Å². The average Bonchev–Trinajstić information content (AvgIpc) is 2.88. The molecule has 0 radical (unpaired) electrons. The lowest BCUT2D eigenvalue weighted by Gasteiger charge is -2.12. The summed E-state index contributed by atoms with van der Waals surface area (Å²) in [4.78, 5) is 16.1. The van der Waals surface area contributed by atoms with Gasteiger partial charge in [0.2, 0.25) is 0 Å². The fourth-order valence-corrected chi connectivity index (χ4v) is 1.91. The van der Waals surface area contributed by atoms with Crippen LogP contribution in [0.4, 0.5) is 5.69 Å². The van der Waals surface area contributed by atoms with Crippen LogP contribution in [-0.4, -0.2) is 27.1 Å². The summed E-state index contributed by atoms with van der Waals surface area (Å²) < 4.78 is 1.76. The normalized spacial score (nSPS) is 12.2. The van der Waals surface area contributed by atoms with Crippen LogP contribution < -0.4 is 11.1 Å². The predicted octanol–water partition coefficient (Wildman–Crippen LogP) is 1.15. The summed E-state index contributed by atoms with van der Waals surface area (Å²) >= 11 is 0. The van der Waals surface area contributed by atoms with E-state index in [0.29, 0.717) is 30.0 Å². The monoisotopic (exact) mass is 274 g/mol. The van der Waals surface area contributed by atoms with Gasteiger partial charge in [-0.05, 0) is 13.0 Å². The van der Waals surface area contributed by atoms with Crippen LogP contribution in [0.1, 0.15) is 29.1 Å². The third-order valence-electron chi connectivity index (χ3n) is 2.91. The van der Waals surface area contributed by atoms with Crippen LogP contribution in [0.2, 0.25) is 0 Å². The Morgan fingerprint density at radius 1 is 1.50 bits per heavy atom. The maximum atomic E-state index is 12.1. The molecule has 0 aliphatic carbocycles. The minimum atomic E-state index is -0.652. The van der Waals surface area contributed by atoms with E-state index in [-0.39, 0.29) is 5.91 Å². The lowest BCUT2D eigenvalue weighted by atomic mass is 10.1. The van der Waals surface area contributed by atoms with E-state index in [9.17, 15) is 9.90 Å². The molecule has 1 amide bonds. The highest BCUT2D eigenvalue weighted by Gasteiger charge is 2.13. The molecule has 2 aromatic rings. The molecule has 20 heavy (non-hydrogen) atoms. The smallest absolute Gasteiger partial charge is 0.275 e. The molecule has 0 fully saturated rings. The highest BCUT2D eigenvalue weighted by molar-refractivity contribution is 6.03. The molecular formula is C14H18N4O2. The van der Waals surface area contributed by atoms with Crippen molar-refractivity contribution in [1.82, 2.24) is 9.55 Å². The SMILES string of the molecule is CC(O)c1ccccc1NC(=O)c1cn(CCN)cn1. The zero-order valence-electron chi connectivity index (χ0n) is 11.3. The Labute approximate surface area is 117 Å². The fraction of sp³-hybridized carbons (Fsp3) is 0.286. The maximum Gasteiger partial charge on any atom is 0.275 e. The molecule has 1 heterocycles. The first-order valence-electron chi connectivity index (χ1n) is 6.42. The molecule has 6 nitrogen and oxygen atoms in total. The third kappa shape index (κ3) is 3.23. The summed E-state index contributed by atoms with van der Waals surface area (Å²) in [6, 6.07) is 7.13. The Hall–Kier alpha value is -2.18. The molecule has 1 aromatic carbocycles. The Kier molecular flexibility index (Phi) is 4.49. The van der Waals surface area contributed by atoms with E-state index in [2.05, 4.69) is 10.3 Å². The van der Waals surface area contributed by atoms with E-state index in [1.54, 1.807) is 42.2 Å². The van der Waals surface area contributed by atoms with Crippen LogP contribution in [0.25, 0.3) is 0 Å². The molecule has 4 N–H and O–H groups in total. The number of aliphatic hydroxyl groups is 1. The summed E-state index contributed by atoms with van der Waals surface area (Å²) in [6.07, 6.45) is 2.57. The van der Waals surface area contributed by atoms with Crippen molar-refractivity contribution < 1.29 is 9.90 Å². The van der Waals surface area contributed by atoms with E-state index in [1.165, 1.54) is 0 Å². The van der Waals surface area contributed by atoms with Crippen LogP contribution in [-0.2, 0) is 6.54 Å². The second-order valence-electron chi connectivity index (χ2n) is 4.50. The molecule has 0 saturated heterocycles. The summed E-state index contributed by atoms with van der Waals surface area (Å²) in [7, 11) is 0. The number of carbonyl (C=O) groups excluding carboxylic acids is 1. The number of carbonyl (C=O) groups is 1. The minimum Gasteiger partial charge on any atom is -0.389 e. The number of aliphatic hydroxyl groups excluding tert-OH is 1. The quantitative estimate of drug-likeness (QED) is 0.762. The topological polar surface area (TPSA) is 93.2 Å². The highest BCUT2D eigenvalue weighted by Crippen LogP contribution is 2.22. The predicted molar refractivity (Wildman–Crippen MR) is 76.3 cm³/mol. The maximum absolute atomic E-state index is 12.1. The van der Waals surface area contributed by atoms with Gasteiger partial charge in [0.1, 0.15) is 5.69 Å². The molecule has 0 spiro atoms. The van der Waals surface area contributed by atoms with Gasteiger partial charge in [-0.1, -0.05) is 18.2 Å². The number of rotatable bonds is 5. The van der Waals surface area contributed by atoms with Gasteiger partial charge < -0.3 is 20.7 Å². The molecule has 0 aliphatic rings. The molecular weight excluding hydrogens is 256 g/mol. The van der Waals surface area contributed by atoms with Gasteiger partial charge in [-0.15, -0.1) is 0 Å². The van der Waals surface area contributed by atoms with E-state index in [4.69, 9.17) is 5.73 Å². The minimum absolute atomic E-state index is 0.311. The first-order valence-corrected chi connectivity index (χ1v) is 6.42. The van der Waals surface area contributed by atoms with Crippen molar-refractivity contribution in [3.63, 3.8) is 0 Å². The summed E-state index contributed by atoms with van der Waals surface area (Å²) in [5.74, 6) is -0.311. The van der Waals surface area contributed by atoms with E-state index in [0.717, 1.165) is 0 Å². The number of nitrogens with zero attached hydrogens (tertiary/aromatic N) is 2. The number of para-hydroxylation sites is 1. The number of hydrogen-bond donors (Lipinski definition) is 3. The largest absolute Gasteiger partial charge is 0.389 e. The van der Waals surface area contributed by atoms with Crippen LogP contribution in [0.5, 0.6) is 0 Å². The Bertz CT molecular complexity index is 592. The van der Waals surface area contributed by atoms with E-state index < -0.39 is 6.10 Å². The number of nitrogens with two attached hydrogens (primary N) is 1. The van der Waals surface area contributed by atoms with Gasteiger partial charge in [-0.2, -0.15) is 0 Å². The number of nitrogens with one attached hydrogen (secondary N) is 1. The number of anilines is 1. The Morgan fingerprint density at radius 2 is 2.25 bits per heavy atom. The molecule has 106 valence electrons. The molecule has 0 saturated carbocycles. The van der Waals surface area contributed by atoms with Gasteiger partial charge in [-0.3, -0.25) is 4.79 Å². The second kappa shape index (κ2) is 6.31. The van der Waals surface area contributed by atoms with Crippen LogP contribution in [0.3, 0.4) is 0 Å². The second-order valence-corrected chi connectivity index (χ2v) is 4.50. The lowest BCUT2D eigenvalue weighted by molar-refractivity contribution is 0.102. The first kappa shape index (κ1) is 14.2. The van der Waals surface area contributed by atoms with Gasteiger partial charge in [0.15, 0.2) is 0 Å². The van der Waals surface area contributed by atoms with Gasteiger partial charge in [0.25, 0.3) is 5.91 Å². The lowest BCUT2D eigenvalue weighted by Crippen LogP contribution is -2.14. The molecule has 1 unspecified atom stereocenters. The zero-order valence-corrected chi connectivity index (χ0v) is 11.3. The number of amides is 1. The van der Waals surface area contributed by atoms with Crippen molar-refractivity contribution >= 4 is 11.6 Å². The first-order chi connectivity index (χ1) is 9.61. The van der Waals surface area contributed by atoms with Crippen LogP contribution >= 0.6 is 0 Å². The number of hydrogen-bond acceptors (Lipinski definition) is 4. The third-order valence-corrected chi connectivity index (χ3v) is 2.91. The molecule has 6 heteroatoms. The number of benzene rings is 1. The van der Waals surface area contributed by atoms with Crippen molar-refractivity contribution in [3.8, 4) is 0 Å². The Balaban J connectivity index is 2.15. The van der Waals surface area contributed by atoms with Crippen molar-refractivity contribution in [2.75, 3.05) is 11.9 Å². The highest BCUT2D eigenvalue weighted by atomic mass is 16.3. The van der Waals surface area contributed by atoms with Crippen molar-refractivity contribution in [2.45, 2.75) is 19.6 Å². The zero-order chi connectivity index (χ0) is 14.5. The van der Waals surface area contributed by atoms with E-state index >= 15 is 0 Å². The summed E-state index contributed by atoms with van der Waals surface area (Å²) in [6.45, 7) is 2.76.